The van der Waals surface area contributed by atoms with E-state index in [-0.39, 0.29) is 17.9 Å². The summed E-state index contributed by atoms with van der Waals surface area (Å²) in [5.74, 6) is 1.04. The van der Waals surface area contributed by atoms with E-state index in [1.54, 1.807) is 11.8 Å². The third-order valence-electron chi connectivity index (χ3n) is 4.55. The van der Waals surface area contributed by atoms with Gasteiger partial charge in [0.1, 0.15) is 0 Å². The van der Waals surface area contributed by atoms with Gasteiger partial charge in [-0.2, -0.15) is 0 Å². The van der Waals surface area contributed by atoms with Crippen molar-refractivity contribution < 1.29 is 14.3 Å². The normalized spacial score (nSPS) is 29.4. The molecule has 1 saturated carbocycles. The smallest absolute Gasteiger partial charge is 0.410 e. The molecule has 0 spiro atoms. The number of nitrogens with zero attached hydrogens (tertiary/aromatic N) is 1. The first kappa shape index (κ1) is 15.5. The molecule has 114 valence electrons. The van der Waals surface area contributed by atoms with Crippen molar-refractivity contribution in [2.24, 2.45) is 11.8 Å². The van der Waals surface area contributed by atoms with Crippen molar-refractivity contribution in [2.45, 2.75) is 57.9 Å². The maximum Gasteiger partial charge on any atom is 0.410 e. The van der Waals surface area contributed by atoms with Crippen molar-refractivity contribution in [3.8, 4) is 0 Å². The van der Waals surface area contributed by atoms with E-state index in [2.05, 4.69) is 19.6 Å². The summed E-state index contributed by atoms with van der Waals surface area (Å²) in [7, 11) is -1.19. The van der Waals surface area contributed by atoms with E-state index in [4.69, 9.17) is 4.74 Å². The van der Waals surface area contributed by atoms with Gasteiger partial charge in [0, 0.05) is 14.6 Å². The van der Waals surface area contributed by atoms with Gasteiger partial charge in [-0.25, -0.2) is 4.79 Å². The van der Waals surface area contributed by atoms with Crippen LogP contribution in [-0.4, -0.2) is 44.0 Å². The van der Waals surface area contributed by atoms with Crippen LogP contribution in [-0.2, 0) is 9.53 Å². The van der Waals surface area contributed by atoms with Crippen LogP contribution >= 0.6 is 0 Å². The highest BCUT2D eigenvalue weighted by atomic mass is 28.3. The molecule has 1 aliphatic heterocycles. The summed E-state index contributed by atoms with van der Waals surface area (Å²) in [5, 5.41) is 0. The molecular formula is C15H27NO3Si. The number of likely N-dealkylation sites (tertiary alicyclic amines) is 1. The summed E-state index contributed by atoms with van der Waals surface area (Å²) in [6.07, 6.45) is 3.05. The molecule has 5 heteroatoms. The van der Waals surface area contributed by atoms with Gasteiger partial charge in [-0.15, -0.1) is 0 Å². The Labute approximate surface area is 122 Å². The molecule has 1 saturated heterocycles. The highest BCUT2D eigenvalue weighted by Gasteiger charge is 2.45. The van der Waals surface area contributed by atoms with Crippen molar-refractivity contribution in [3.05, 3.63) is 0 Å². The highest BCUT2D eigenvalue weighted by Crippen LogP contribution is 2.40. The summed E-state index contributed by atoms with van der Waals surface area (Å²) in [6, 6.07) is 0.734. The Morgan fingerprint density at radius 1 is 1.25 bits per heavy atom. The van der Waals surface area contributed by atoms with Gasteiger partial charge in [-0.3, -0.25) is 9.69 Å². The minimum absolute atomic E-state index is 0.109. The Morgan fingerprint density at radius 2 is 1.95 bits per heavy atom. The van der Waals surface area contributed by atoms with Crippen molar-refractivity contribution >= 4 is 20.0 Å². The maximum atomic E-state index is 12.3. The number of carbonyl (C=O) groups is 2. The van der Waals surface area contributed by atoms with Gasteiger partial charge in [-0.1, -0.05) is 19.6 Å². The fraction of sp³-hybridized carbons (Fsp3) is 0.867. The molecule has 4 nitrogen and oxygen atoms in total. The second-order valence-corrected chi connectivity index (χ2v) is 13.2. The fourth-order valence-electron chi connectivity index (χ4n) is 3.48. The number of Topliss-reactive ketones (excluding diaryl/α,β-unsaturated/α-hetero) is 1. The minimum atomic E-state index is -1.19. The van der Waals surface area contributed by atoms with Crippen LogP contribution in [0.15, 0.2) is 0 Å². The lowest BCUT2D eigenvalue weighted by Crippen LogP contribution is -2.52. The van der Waals surface area contributed by atoms with Crippen LogP contribution in [0.4, 0.5) is 4.79 Å². The molecule has 1 heterocycles. The average Bonchev–Trinajstić information content (AvgIpc) is 2.68. The van der Waals surface area contributed by atoms with Gasteiger partial charge in [0.05, 0.1) is 12.6 Å². The molecule has 0 N–H and O–H groups in total. The van der Waals surface area contributed by atoms with Crippen LogP contribution in [0.3, 0.4) is 0 Å². The molecule has 0 aromatic rings. The Hall–Kier alpha value is -0.843. The van der Waals surface area contributed by atoms with Crippen LogP contribution < -0.4 is 0 Å². The Kier molecular flexibility index (Phi) is 4.57. The van der Waals surface area contributed by atoms with E-state index in [0.29, 0.717) is 25.0 Å². The molecule has 0 aromatic heterocycles. The number of hydrogen-bond acceptors (Lipinski definition) is 3. The Bertz CT molecular complexity index is 391. The lowest BCUT2D eigenvalue weighted by molar-refractivity contribution is -0.124. The van der Waals surface area contributed by atoms with E-state index < -0.39 is 8.07 Å². The largest absolute Gasteiger partial charge is 0.450 e. The summed E-state index contributed by atoms with van der Waals surface area (Å²) >= 11 is 0. The van der Waals surface area contributed by atoms with Gasteiger partial charge in [0.15, 0.2) is 5.78 Å². The molecule has 0 unspecified atom stereocenters. The van der Waals surface area contributed by atoms with E-state index in [1.807, 2.05) is 0 Å². The van der Waals surface area contributed by atoms with E-state index in [9.17, 15) is 9.59 Å². The van der Waals surface area contributed by atoms with E-state index in [1.165, 1.54) is 0 Å². The third kappa shape index (κ3) is 3.62. The monoisotopic (exact) mass is 297 g/mol. The van der Waals surface area contributed by atoms with E-state index in [0.717, 1.165) is 25.3 Å². The predicted octanol–water partition coefficient (Wildman–Crippen LogP) is 3.15. The molecule has 0 radical (unpaired) electrons. The summed E-state index contributed by atoms with van der Waals surface area (Å²) < 4.78 is 5.43. The highest BCUT2D eigenvalue weighted by molar-refractivity contribution is 6.76. The first-order valence-electron chi connectivity index (χ1n) is 7.72. The van der Waals surface area contributed by atoms with Crippen molar-refractivity contribution in [3.63, 3.8) is 0 Å². The van der Waals surface area contributed by atoms with Crippen LogP contribution in [0.5, 0.6) is 0 Å². The van der Waals surface area contributed by atoms with Crippen LogP contribution in [0.2, 0.25) is 25.7 Å². The number of carbonyl (C=O) groups excluding carboxylic acids is 2. The second-order valence-electron chi connectivity index (χ2n) is 7.57. The lowest BCUT2D eigenvalue weighted by Gasteiger charge is -2.38. The lowest BCUT2D eigenvalue weighted by atomic mass is 9.88. The first-order valence-corrected chi connectivity index (χ1v) is 11.4. The number of piperidine rings is 1. The predicted molar refractivity (Wildman–Crippen MR) is 81.5 cm³/mol. The number of fused-ring (bicyclic) bond motifs is 2. The number of hydrogen-bond donors (Lipinski definition) is 0. The first-order chi connectivity index (χ1) is 9.28. The number of rotatable bonds is 4. The fourth-order valence-corrected chi connectivity index (χ4v) is 4.19. The topological polar surface area (TPSA) is 46.6 Å². The molecular weight excluding hydrogens is 270 g/mol. The SMILES string of the molecule is CC(=O)[C@@H]1[C@@H]2CC[C@@H](C2)CN1C(=O)OCC[Si](C)(C)C. The maximum absolute atomic E-state index is 12.3. The van der Waals surface area contributed by atoms with Crippen molar-refractivity contribution in [2.75, 3.05) is 13.2 Å². The van der Waals surface area contributed by atoms with Gasteiger partial charge in [0.25, 0.3) is 0 Å². The molecule has 1 aliphatic carbocycles. The minimum Gasteiger partial charge on any atom is -0.450 e. The number of ether oxygens (including phenoxy) is 1. The molecule has 20 heavy (non-hydrogen) atoms. The molecule has 2 aliphatic rings. The van der Waals surface area contributed by atoms with Crippen LogP contribution in [0.1, 0.15) is 26.2 Å². The molecule has 3 atom stereocenters. The number of amides is 1. The zero-order valence-electron chi connectivity index (χ0n) is 13.1. The summed E-state index contributed by atoms with van der Waals surface area (Å²) in [6.45, 7) is 9.59. The quantitative estimate of drug-likeness (QED) is 0.749. The Morgan fingerprint density at radius 3 is 2.55 bits per heavy atom. The standard InChI is InChI=1S/C15H27NO3Si/c1-11(17)14-13-6-5-12(9-13)10-16(14)15(18)19-7-8-20(2,3)4/h12-14H,5-10H2,1-4H3/t12-,13+,14+/m0/s1. The van der Waals surface area contributed by atoms with Crippen molar-refractivity contribution in [1.82, 2.24) is 4.90 Å². The molecule has 0 aromatic carbocycles. The van der Waals surface area contributed by atoms with Gasteiger partial charge in [-0.05, 0) is 44.1 Å². The molecule has 2 rings (SSSR count). The second kappa shape index (κ2) is 5.88. The van der Waals surface area contributed by atoms with Gasteiger partial charge in [0.2, 0.25) is 0 Å². The van der Waals surface area contributed by atoms with Crippen molar-refractivity contribution in [1.29, 1.82) is 0 Å². The Balaban J connectivity index is 1.95. The zero-order valence-corrected chi connectivity index (χ0v) is 14.1. The summed E-state index contributed by atoms with van der Waals surface area (Å²) in [5.41, 5.74) is 0. The summed E-state index contributed by atoms with van der Waals surface area (Å²) in [4.78, 5) is 25.9. The molecule has 1 amide bonds. The van der Waals surface area contributed by atoms with Gasteiger partial charge < -0.3 is 4.74 Å². The third-order valence-corrected chi connectivity index (χ3v) is 6.25. The number of ketones is 1. The van der Waals surface area contributed by atoms with E-state index >= 15 is 0 Å². The zero-order chi connectivity index (χ0) is 14.9. The van der Waals surface area contributed by atoms with Crippen LogP contribution in [0, 0.1) is 11.8 Å². The average molecular weight is 297 g/mol. The van der Waals surface area contributed by atoms with Gasteiger partial charge >= 0.3 is 6.09 Å². The molecule has 2 bridgehead atoms. The van der Waals surface area contributed by atoms with Crippen LogP contribution in [0.25, 0.3) is 0 Å². The molecule has 2 fully saturated rings.